The normalized spacial score (nSPS) is 18.1. The molecule has 1 heterocycles. The monoisotopic (exact) mass is 297 g/mol. The number of para-hydroxylation sites is 1. The molecule has 5 nitrogen and oxygen atoms in total. The molecule has 110 valence electrons. The maximum atomic E-state index is 12.4. The predicted octanol–water partition coefficient (Wildman–Crippen LogP) is 1.29. The average Bonchev–Trinajstić information content (AvgIpc) is 2.46. The second kappa shape index (κ2) is 7.14. The minimum Gasteiger partial charge on any atom is -0.398 e. The van der Waals surface area contributed by atoms with E-state index in [1.807, 2.05) is 0 Å². The van der Waals surface area contributed by atoms with E-state index in [1.54, 1.807) is 36.2 Å². The SMILES string of the molecule is CNC(=O)C1CCCN(C(=O)c2ccccc2N)C1.Cl. The van der Waals surface area contributed by atoms with Crippen LogP contribution in [0, 0.1) is 5.92 Å². The topological polar surface area (TPSA) is 75.4 Å². The first-order valence-electron chi connectivity index (χ1n) is 6.49. The number of nitrogens with zero attached hydrogens (tertiary/aromatic N) is 1. The quantitative estimate of drug-likeness (QED) is 0.808. The first-order valence-corrected chi connectivity index (χ1v) is 6.49. The molecule has 6 heteroatoms. The highest BCUT2D eigenvalue weighted by Gasteiger charge is 2.28. The molecule has 1 aliphatic rings. The van der Waals surface area contributed by atoms with Crippen molar-refractivity contribution in [3.8, 4) is 0 Å². The van der Waals surface area contributed by atoms with Gasteiger partial charge in [0.2, 0.25) is 5.91 Å². The third-order valence-electron chi connectivity index (χ3n) is 3.52. The molecule has 0 spiro atoms. The van der Waals surface area contributed by atoms with Crippen molar-refractivity contribution in [1.29, 1.82) is 0 Å². The highest BCUT2D eigenvalue weighted by Crippen LogP contribution is 2.20. The van der Waals surface area contributed by atoms with Crippen molar-refractivity contribution in [1.82, 2.24) is 10.2 Å². The van der Waals surface area contributed by atoms with Gasteiger partial charge < -0.3 is 16.0 Å². The molecule has 0 radical (unpaired) electrons. The van der Waals surface area contributed by atoms with Gasteiger partial charge in [-0.3, -0.25) is 9.59 Å². The molecular weight excluding hydrogens is 278 g/mol. The Labute approximate surface area is 124 Å². The van der Waals surface area contributed by atoms with Crippen molar-refractivity contribution in [3.63, 3.8) is 0 Å². The molecule has 0 saturated carbocycles. The van der Waals surface area contributed by atoms with Crippen molar-refractivity contribution in [3.05, 3.63) is 29.8 Å². The van der Waals surface area contributed by atoms with E-state index in [0.29, 0.717) is 24.3 Å². The van der Waals surface area contributed by atoms with E-state index < -0.39 is 0 Å². The number of hydrogen-bond donors (Lipinski definition) is 2. The molecule has 1 saturated heterocycles. The van der Waals surface area contributed by atoms with Gasteiger partial charge >= 0.3 is 0 Å². The smallest absolute Gasteiger partial charge is 0.255 e. The van der Waals surface area contributed by atoms with Crippen molar-refractivity contribution < 1.29 is 9.59 Å². The van der Waals surface area contributed by atoms with Crippen LogP contribution in [0.15, 0.2) is 24.3 Å². The zero-order chi connectivity index (χ0) is 13.8. The Morgan fingerprint density at radius 1 is 1.35 bits per heavy atom. The van der Waals surface area contributed by atoms with Crippen LogP contribution >= 0.6 is 12.4 Å². The number of likely N-dealkylation sites (tertiary alicyclic amines) is 1. The Hall–Kier alpha value is -1.75. The van der Waals surface area contributed by atoms with Crippen LogP contribution in [-0.2, 0) is 4.79 Å². The van der Waals surface area contributed by atoms with Crippen LogP contribution in [0.1, 0.15) is 23.2 Å². The summed E-state index contributed by atoms with van der Waals surface area (Å²) in [6.45, 7) is 1.15. The molecule has 1 fully saturated rings. The number of nitrogen functional groups attached to an aromatic ring is 1. The molecule has 1 aliphatic heterocycles. The fraction of sp³-hybridized carbons (Fsp3) is 0.429. The number of halogens is 1. The summed E-state index contributed by atoms with van der Waals surface area (Å²) >= 11 is 0. The minimum absolute atomic E-state index is 0. The summed E-state index contributed by atoms with van der Waals surface area (Å²) in [5.74, 6) is -0.210. The molecule has 1 aromatic rings. The zero-order valence-electron chi connectivity index (χ0n) is 11.5. The lowest BCUT2D eigenvalue weighted by Gasteiger charge is -2.32. The van der Waals surface area contributed by atoms with Gasteiger partial charge in [-0.05, 0) is 25.0 Å². The molecule has 3 N–H and O–H groups in total. The van der Waals surface area contributed by atoms with Crippen LogP contribution in [0.25, 0.3) is 0 Å². The van der Waals surface area contributed by atoms with Gasteiger partial charge in [-0.2, -0.15) is 0 Å². The van der Waals surface area contributed by atoms with E-state index in [2.05, 4.69) is 5.32 Å². The summed E-state index contributed by atoms with van der Waals surface area (Å²) in [5.41, 5.74) is 6.82. The number of carbonyl (C=O) groups excluding carboxylic acids is 2. The van der Waals surface area contributed by atoms with Crippen molar-refractivity contribution >= 4 is 29.9 Å². The summed E-state index contributed by atoms with van der Waals surface area (Å²) in [5, 5.41) is 2.64. The first kappa shape index (κ1) is 16.3. The fourth-order valence-corrected chi connectivity index (χ4v) is 2.44. The van der Waals surface area contributed by atoms with Gasteiger partial charge in [-0.25, -0.2) is 0 Å². The molecule has 0 aliphatic carbocycles. The molecule has 20 heavy (non-hydrogen) atoms. The number of nitrogens with one attached hydrogen (secondary N) is 1. The van der Waals surface area contributed by atoms with Crippen LogP contribution in [0.2, 0.25) is 0 Å². The number of rotatable bonds is 2. The lowest BCUT2D eigenvalue weighted by molar-refractivity contribution is -0.125. The molecule has 0 aromatic heterocycles. The molecule has 0 bridgehead atoms. The van der Waals surface area contributed by atoms with Gasteiger partial charge in [0.25, 0.3) is 5.91 Å². The maximum absolute atomic E-state index is 12.4. The molecule has 1 aromatic carbocycles. The van der Waals surface area contributed by atoms with E-state index in [1.165, 1.54) is 0 Å². The predicted molar refractivity (Wildman–Crippen MR) is 80.8 cm³/mol. The number of carbonyl (C=O) groups is 2. The van der Waals surface area contributed by atoms with Gasteiger partial charge in [0, 0.05) is 25.8 Å². The first-order chi connectivity index (χ1) is 9.13. The van der Waals surface area contributed by atoms with E-state index in [0.717, 1.165) is 12.8 Å². The molecule has 1 atom stereocenters. The fourth-order valence-electron chi connectivity index (χ4n) is 2.44. The van der Waals surface area contributed by atoms with Gasteiger partial charge in [0.05, 0.1) is 11.5 Å². The molecular formula is C14H20ClN3O2. The summed E-state index contributed by atoms with van der Waals surface area (Å²) in [7, 11) is 1.62. The Kier molecular flexibility index (Phi) is 5.82. The van der Waals surface area contributed by atoms with Crippen LogP contribution < -0.4 is 11.1 Å². The van der Waals surface area contributed by atoms with Crippen molar-refractivity contribution in [2.75, 3.05) is 25.9 Å². The van der Waals surface area contributed by atoms with E-state index in [9.17, 15) is 9.59 Å². The highest BCUT2D eigenvalue weighted by molar-refractivity contribution is 5.99. The van der Waals surface area contributed by atoms with Crippen molar-refractivity contribution in [2.24, 2.45) is 5.92 Å². The number of piperidine rings is 1. The molecule has 1 unspecified atom stereocenters. The lowest BCUT2D eigenvalue weighted by Crippen LogP contribution is -2.44. The third-order valence-corrected chi connectivity index (χ3v) is 3.52. The number of benzene rings is 1. The third kappa shape index (κ3) is 3.42. The van der Waals surface area contributed by atoms with E-state index in [-0.39, 0.29) is 30.1 Å². The average molecular weight is 298 g/mol. The highest BCUT2D eigenvalue weighted by atomic mass is 35.5. The van der Waals surface area contributed by atoms with Gasteiger partial charge in [-0.15, -0.1) is 12.4 Å². The van der Waals surface area contributed by atoms with Crippen LogP contribution in [-0.4, -0.2) is 36.9 Å². The van der Waals surface area contributed by atoms with E-state index in [4.69, 9.17) is 5.73 Å². The summed E-state index contributed by atoms with van der Waals surface area (Å²) < 4.78 is 0. The Bertz CT molecular complexity index is 493. The largest absolute Gasteiger partial charge is 0.398 e. The lowest BCUT2D eigenvalue weighted by atomic mass is 9.96. The van der Waals surface area contributed by atoms with Crippen molar-refractivity contribution in [2.45, 2.75) is 12.8 Å². The summed E-state index contributed by atoms with van der Waals surface area (Å²) in [6.07, 6.45) is 1.67. The standard InChI is InChI=1S/C14H19N3O2.ClH/c1-16-13(18)10-5-4-8-17(9-10)14(19)11-6-2-3-7-12(11)15;/h2-3,6-7,10H,4-5,8-9,15H2,1H3,(H,16,18);1H. The number of anilines is 1. The summed E-state index contributed by atoms with van der Waals surface area (Å²) in [6, 6.07) is 7.04. The van der Waals surface area contributed by atoms with Gasteiger partial charge in [0.15, 0.2) is 0 Å². The minimum atomic E-state index is -0.118. The van der Waals surface area contributed by atoms with Crippen LogP contribution in [0.3, 0.4) is 0 Å². The number of amides is 2. The van der Waals surface area contributed by atoms with Gasteiger partial charge in [-0.1, -0.05) is 12.1 Å². The number of hydrogen-bond acceptors (Lipinski definition) is 3. The number of nitrogens with two attached hydrogens (primary N) is 1. The Morgan fingerprint density at radius 2 is 2.05 bits per heavy atom. The second-order valence-corrected chi connectivity index (χ2v) is 4.79. The van der Waals surface area contributed by atoms with Crippen LogP contribution in [0.4, 0.5) is 5.69 Å². The molecule has 2 rings (SSSR count). The van der Waals surface area contributed by atoms with Crippen LogP contribution in [0.5, 0.6) is 0 Å². The Morgan fingerprint density at radius 3 is 2.70 bits per heavy atom. The Balaban J connectivity index is 0.00000200. The molecule has 2 amide bonds. The maximum Gasteiger partial charge on any atom is 0.255 e. The zero-order valence-corrected chi connectivity index (χ0v) is 12.3. The summed E-state index contributed by atoms with van der Waals surface area (Å²) in [4.78, 5) is 25.8. The van der Waals surface area contributed by atoms with Gasteiger partial charge in [0.1, 0.15) is 0 Å². The second-order valence-electron chi connectivity index (χ2n) is 4.79. The van der Waals surface area contributed by atoms with E-state index >= 15 is 0 Å².